The highest BCUT2D eigenvalue weighted by molar-refractivity contribution is 5.86. The Morgan fingerprint density at radius 1 is 1.19 bits per heavy atom. The maximum Gasteiger partial charge on any atom is 0.240 e. The zero-order valence-corrected chi connectivity index (χ0v) is 16.0. The summed E-state index contributed by atoms with van der Waals surface area (Å²) >= 11 is 0. The summed E-state index contributed by atoms with van der Waals surface area (Å²) in [5, 5.41) is 3.06. The van der Waals surface area contributed by atoms with Crippen LogP contribution in [0.25, 0.3) is 0 Å². The number of amides is 1. The lowest BCUT2D eigenvalue weighted by Crippen LogP contribution is -2.56. The van der Waals surface area contributed by atoms with E-state index in [2.05, 4.69) is 35.5 Å². The number of nitrogens with zero attached hydrogens (tertiary/aromatic N) is 1. The molecule has 1 aromatic rings. The van der Waals surface area contributed by atoms with Gasteiger partial charge in [0.25, 0.3) is 0 Å². The first-order chi connectivity index (χ1) is 12.6. The Morgan fingerprint density at radius 2 is 1.85 bits per heavy atom. The molecule has 0 atom stereocenters. The molecule has 1 aliphatic carbocycles. The predicted molar refractivity (Wildman–Crippen MR) is 104 cm³/mol. The molecule has 3 N–H and O–H groups in total. The molecule has 1 saturated heterocycles. The number of carbonyl (C=O) groups excluding carboxylic acids is 1. The third-order valence-electron chi connectivity index (χ3n) is 6.01. The fraction of sp³-hybridized carbons (Fsp3) is 0.667. The van der Waals surface area contributed by atoms with Crippen molar-refractivity contribution in [2.75, 3.05) is 20.3 Å². The quantitative estimate of drug-likeness (QED) is 0.819. The predicted octanol–water partition coefficient (Wildman–Crippen LogP) is 2.58. The van der Waals surface area contributed by atoms with Gasteiger partial charge < -0.3 is 15.8 Å². The van der Waals surface area contributed by atoms with Crippen molar-refractivity contribution in [3.05, 3.63) is 35.4 Å². The first-order valence-electron chi connectivity index (χ1n) is 10.0. The number of hydrogen-bond acceptors (Lipinski definition) is 4. The van der Waals surface area contributed by atoms with Gasteiger partial charge in [0.2, 0.25) is 5.91 Å². The van der Waals surface area contributed by atoms with Crippen LogP contribution in [0.3, 0.4) is 0 Å². The Balaban J connectivity index is 1.59. The van der Waals surface area contributed by atoms with Crippen LogP contribution < -0.4 is 11.1 Å². The van der Waals surface area contributed by atoms with E-state index in [1.54, 1.807) is 0 Å². The van der Waals surface area contributed by atoms with E-state index in [1.807, 2.05) is 6.07 Å². The summed E-state index contributed by atoms with van der Waals surface area (Å²) in [6.45, 7) is 2.59. The minimum Gasteiger partial charge on any atom is -0.381 e. The molecule has 1 heterocycles. The SMILES string of the molecule is CN(Cc1ccccc1CNC(=O)C1(N)CCOCC1)C1CCCCC1. The Labute approximate surface area is 157 Å². The molecule has 144 valence electrons. The van der Waals surface area contributed by atoms with Crippen molar-refractivity contribution in [2.24, 2.45) is 5.73 Å². The third-order valence-corrected chi connectivity index (χ3v) is 6.01. The molecular formula is C21H33N3O2. The molecular weight excluding hydrogens is 326 g/mol. The third kappa shape index (κ3) is 4.84. The van der Waals surface area contributed by atoms with E-state index in [-0.39, 0.29) is 5.91 Å². The second-order valence-electron chi connectivity index (χ2n) is 7.93. The Hall–Kier alpha value is -1.43. The van der Waals surface area contributed by atoms with Crippen molar-refractivity contribution < 1.29 is 9.53 Å². The molecule has 2 aliphatic rings. The average molecular weight is 360 g/mol. The van der Waals surface area contributed by atoms with E-state index in [0.29, 0.717) is 38.6 Å². The van der Waals surface area contributed by atoms with E-state index in [9.17, 15) is 4.79 Å². The standard InChI is InChI=1S/C21H33N3O2/c1-24(19-9-3-2-4-10-19)16-18-8-6-5-7-17(18)15-23-20(25)21(22)11-13-26-14-12-21/h5-8,19H,2-4,9-16,22H2,1H3,(H,23,25). The molecule has 0 spiro atoms. The minimum absolute atomic E-state index is 0.0590. The molecule has 1 aliphatic heterocycles. The first kappa shape index (κ1) is 19.3. The van der Waals surface area contributed by atoms with Gasteiger partial charge in [-0.25, -0.2) is 0 Å². The van der Waals surface area contributed by atoms with Gasteiger partial charge in [0.05, 0.1) is 5.54 Å². The van der Waals surface area contributed by atoms with E-state index in [0.717, 1.165) is 6.54 Å². The average Bonchev–Trinajstić information content (AvgIpc) is 2.68. The zero-order chi connectivity index (χ0) is 18.4. The molecule has 5 nitrogen and oxygen atoms in total. The highest BCUT2D eigenvalue weighted by atomic mass is 16.5. The van der Waals surface area contributed by atoms with E-state index in [1.165, 1.54) is 43.2 Å². The van der Waals surface area contributed by atoms with Crippen LogP contribution in [0.1, 0.15) is 56.1 Å². The fourth-order valence-corrected chi connectivity index (χ4v) is 4.12. The van der Waals surface area contributed by atoms with Crippen LogP contribution in [-0.4, -0.2) is 42.6 Å². The number of hydrogen-bond donors (Lipinski definition) is 2. The van der Waals surface area contributed by atoms with E-state index < -0.39 is 5.54 Å². The summed E-state index contributed by atoms with van der Waals surface area (Å²) in [6.07, 6.45) is 7.83. The summed E-state index contributed by atoms with van der Waals surface area (Å²) in [5.41, 5.74) is 7.97. The van der Waals surface area contributed by atoms with Crippen LogP contribution >= 0.6 is 0 Å². The topological polar surface area (TPSA) is 67.6 Å². The van der Waals surface area contributed by atoms with Gasteiger partial charge in [0.15, 0.2) is 0 Å². The van der Waals surface area contributed by atoms with Crippen LogP contribution in [0.15, 0.2) is 24.3 Å². The summed E-state index contributed by atoms with van der Waals surface area (Å²) in [6, 6.07) is 9.09. The molecule has 0 aromatic heterocycles. The van der Waals surface area contributed by atoms with Crippen molar-refractivity contribution in [1.82, 2.24) is 10.2 Å². The number of benzene rings is 1. The normalized spacial score (nSPS) is 20.9. The number of carbonyl (C=O) groups is 1. The van der Waals surface area contributed by atoms with Gasteiger partial charge in [-0.3, -0.25) is 9.69 Å². The van der Waals surface area contributed by atoms with Gasteiger partial charge in [-0.2, -0.15) is 0 Å². The highest BCUT2D eigenvalue weighted by Gasteiger charge is 2.35. The van der Waals surface area contributed by atoms with Crippen molar-refractivity contribution in [2.45, 2.75) is 69.6 Å². The summed E-state index contributed by atoms with van der Waals surface area (Å²) in [4.78, 5) is 15.0. The van der Waals surface area contributed by atoms with Gasteiger partial charge in [-0.1, -0.05) is 43.5 Å². The highest BCUT2D eigenvalue weighted by Crippen LogP contribution is 2.24. The molecule has 5 heteroatoms. The van der Waals surface area contributed by atoms with E-state index in [4.69, 9.17) is 10.5 Å². The van der Waals surface area contributed by atoms with Crippen molar-refractivity contribution in [3.63, 3.8) is 0 Å². The molecule has 1 amide bonds. The number of ether oxygens (including phenoxy) is 1. The lowest BCUT2D eigenvalue weighted by molar-refractivity contribution is -0.129. The molecule has 0 bridgehead atoms. The lowest BCUT2D eigenvalue weighted by atomic mass is 9.90. The van der Waals surface area contributed by atoms with Gasteiger partial charge in [0.1, 0.15) is 0 Å². The largest absolute Gasteiger partial charge is 0.381 e. The lowest BCUT2D eigenvalue weighted by Gasteiger charge is -2.32. The molecule has 0 radical (unpaired) electrons. The molecule has 1 aromatic carbocycles. The van der Waals surface area contributed by atoms with Gasteiger partial charge in [0, 0.05) is 32.3 Å². The molecule has 3 rings (SSSR count). The van der Waals surface area contributed by atoms with Crippen LogP contribution in [-0.2, 0) is 22.6 Å². The molecule has 2 fully saturated rings. The maximum absolute atomic E-state index is 12.6. The Morgan fingerprint density at radius 3 is 2.54 bits per heavy atom. The first-order valence-corrected chi connectivity index (χ1v) is 10.0. The smallest absolute Gasteiger partial charge is 0.240 e. The minimum atomic E-state index is -0.786. The second-order valence-corrected chi connectivity index (χ2v) is 7.93. The van der Waals surface area contributed by atoms with Crippen molar-refractivity contribution in [1.29, 1.82) is 0 Å². The Kier molecular flexibility index (Phi) is 6.68. The summed E-state index contributed by atoms with van der Waals surface area (Å²) in [5.74, 6) is -0.0590. The van der Waals surface area contributed by atoms with Crippen LogP contribution in [0.2, 0.25) is 0 Å². The van der Waals surface area contributed by atoms with Crippen molar-refractivity contribution >= 4 is 5.91 Å². The van der Waals surface area contributed by atoms with E-state index >= 15 is 0 Å². The van der Waals surface area contributed by atoms with Gasteiger partial charge in [-0.05, 0) is 43.9 Å². The fourth-order valence-electron chi connectivity index (χ4n) is 4.12. The van der Waals surface area contributed by atoms with Crippen LogP contribution in [0.4, 0.5) is 0 Å². The molecule has 1 saturated carbocycles. The second kappa shape index (κ2) is 8.98. The Bertz CT molecular complexity index is 593. The van der Waals surface area contributed by atoms with Gasteiger partial charge >= 0.3 is 0 Å². The van der Waals surface area contributed by atoms with Crippen LogP contribution in [0.5, 0.6) is 0 Å². The monoisotopic (exact) mass is 359 g/mol. The van der Waals surface area contributed by atoms with Crippen molar-refractivity contribution in [3.8, 4) is 0 Å². The number of nitrogens with two attached hydrogens (primary N) is 1. The summed E-state index contributed by atoms with van der Waals surface area (Å²) < 4.78 is 5.33. The van der Waals surface area contributed by atoms with Crippen LogP contribution in [0, 0.1) is 0 Å². The molecule has 0 unspecified atom stereocenters. The number of nitrogens with one attached hydrogen (secondary N) is 1. The summed E-state index contributed by atoms with van der Waals surface area (Å²) in [7, 11) is 2.22. The maximum atomic E-state index is 12.6. The zero-order valence-electron chi connectivity index (χ0n) is 16.0. The number of rotatable bonds is 6. The van der Waals surface area contributed by atoms with Gasteiger partial charge in [-0.15, -0.1) is 0 Å². The molecule has 26 heavy (non-hydrogen) atoms.